The molecule has 2 nitrogen and oxygen atoms in total. The van der Waals surface area contributed by atoms with Gasteiger partial charge in [-0.2, -0.15) is 5.26 Å². The van der Waals surface area contributed by atoms with Crippen molar-refractivity contribution in [2.24, 2.45) is 5.92 Å². The second-order valence-corrected chi connectivity index (χ2v) is 4.62. The SMILES string of the molecule is N#Cc1ccc(OCC2CCCC2)cc1Cl. The fraction of sp³-hybridized carbons (Fsp3) is 0.462. The Labute approximate surface area is 101 Å². The second-order valence-electron chi connectivity index (χ2n) is 4.21. The molecule has 1 aromatic rings. The maximum atomic E-state index is 8.74. The minimum Gasteiger partial charge on any atom is -0.493 e. The molecule has 0 amide bonds. The van der Waals surface area contributed by atoms with Crippen LogP contribution in [0.25, 0.3) is 0 Å². The molecule has 0 N–H and O–H groups in total. The van der Waals surface area contributed by atoms with E-state index in [4.69, 9.17) is 21.6 Å². The van der Waals surface area contributed by atoms with Gasteiger partial charge >= 0.3 is 0 Å². The van der Waals surface area contributed by atoms with Gasteiger partial charge in [0, 0.05) is 6.07 Å². The van der Waals surface area contributed by atoms with Crippen molar-refractivity contribution >= 4 is 11.6 Å². The van der Waals surface area contributed by atoms with Crippen LogP contribution in [0, 0.1) is 17.2 Å². The van der Waals surface area contributed by atoms with Crippen molar-refractivity contribution in [2.75, 3.05) is 6.61 Å². The quantitative estimate of drug-likeness (QED) is 0.799. The molecule has 0 bridgehead atoms. The Morgan fingerprint density at radius 2 is 2.12 bits per heavy atom. The first-order valence-corrected chi connectivity index (χ1v) is 6.00. The van der Waals surface area contributed by atoms with E-state index >= 15 is 0 Å². The minimum atomic E-state index is 0.464. The molecule has 0 atom stereocenters. The predicted octanol–water partition coefficient (Wildman–Crippen LogP) is 3.78. The van der Waals surface area contributed by atoms with Gasteiger partial charge in [0.25, 0.3) is 0 Å². The van der Waals surface area contributed by atoms with Crippen LogP contribution in [0.5, 0.6) is 5.75 Å². The summed E-state index contributed by atoms with van der Waals surface area (Å²) in [5.74, 6) is 1.45. The number of hydrogen-bond acceptors (Lipinski definition) is 2. The molecular weight excluding hydrogens is 222 g/mol. The van der Waals surface area contributed by atoms with Gasteiger partial charge in [0.2, 0.25) is 0 Å². The van der Waals surface area contributed by atoms with E-state index in [2.05, 4.69) is 0 Å². The molecular formula is C13H14ClNO. The lowest BCUT2D eigenvalue weighted by Crippen LogP contribution is -2.07. The van der Waals surface area contributed by atoms with Gasteiger partial charge in [-0.25, -0.2) is 0 Å². The molecule has 1 fully saturated rings. The Hall–Kier alpha value is -1.20. The zero-order valence-electron chi connectivity index (χ0n) is 9.08. The van der Waals surface area contributed by atoms with E-state index in [9.17, 15) is 0 Å². The molecule has 0 aliphatic heterocycles. The molecule has 3 heteroatoms. The van der Waals surface area contributed by atoms with Crippen LogP contribution in [0.2, 0.25) is 5.02 Å². The molecule has 0 heterocycles. The first kappa shape index (κ1) is 11.3. The third-order valence-corrected chi connectivity index (χ3v) is 3.33. The van der Waals surface area contributed by atoms with Crippen LogP contribution >= 0.6 is 11.6 Å². The van der Waals surface area contributed by atoms with Gasteiger partial charge in [0.05, 0.1) is 17.2 Å². The van der Waals surface area contributed by atoms with E-state index in [1.807, 2.05) is 6.07 Å². The van der Waals surface area contributed by atoms with Crippen LogP contribution in [-0.2, 0) is 0 Å². The number of halogens is 1. The average molecular weight is 236 g/mol. The third kappa shape index (κ3) is 2.68. The highest BCUT2D eigenvalue weighted by molar-refractivity contribution is 6.31. The number of nitrogens with zero attached hydrogens (tertiary/aromatic N) is 1. The molecule has 2 rings (SSSR count). The molecule has 1 saturated carbocycles. The van der Waals surface area contributed by atoms with E-state index in [0.717, 1.165) is 12.4 Å². The van der Waals surface area contributed by atoms with Crippen LogP contribution < -0.4 is 4.74 Å². The maximum Gasteiger partial charge on any atom is 0.120 e. The number of hydrogen-bond donors (Lipinski definition) is 0. The van der Waals surface area contributed by atoms with E-state index in [1.165, 1.54) is 25.7 Å². The summed E-state index contributed by atoms with van der Waals surface area (Å²) in [4.78, 5) is 0. The van der Waals surface area contributed by atoms with Crippen LogP contribution in [0.4, 0.5) is 0 Å². The Kier molecular flexibility index (Phi) is 3.69. The molecule has 1 aliphatic carbocycles. The van der Waals surface area contributed by atoms with Crippen LogP contribution in [-0.4, -0.2) is 6.61 Å². The molecule has 1 aromatic carbocycles. The molecule has 0 radical (unpaired) electrons. The predicted molar refractivity (Wildman–Crippen MR) is 63.6 cm³/mol. The molecule has 0 unspecified atom stereocenters. The molecule has 16 heavy (non-hydrogen) atoms. The summed E-state index contributed by atoms with van der Waals surface area (Å²) in [7, 11) is 0. The van der Waals surface area contributed by atoms with Crippen molar-refractivity contribution < 1.29 is 4.74 Å². The fourth-order valence-corrected chi connectivity index (χ4v) is 2.28. The van der Waals surface area contributed by atoms with Gasteiger partial charge in [0.15, 0.2) is 0 Å². The lowest BCUT2D eigenvalue weighted by molar-refractivity contribution is 0.252. The molecule has 0 spiro atoms. The van der Waals surface area contributed by atoms with E-state index in [-0.39, 0.29) is 0 Å². The summed E-state index contributed by atoms with van der Waals surface area (Å²) in [6.45, 7) is 0.766. The van der Waals surface area contributed by atoms with Crippen LogP contribution in [0.1, 0.15) is 31.2 Å². The second kappa shape index (κ2) is 5.23. The van der Waals surface area contributed by atoms with Gasteiger partial charge in [-0.3, -0.25) is 0 Å². The first-order chi connectivity index (χ1) is 7.79. The first-order valence-electron chi connectivity index (χ1n) is 5.62. The summed E-state index contributed by atoms with van der Waals surface area (Å²) in [6.07, 6.45) is 5.18. The fourth-order valence-electron chi connectivity index (χ4n) is 2.07. The van der Waals surface area contributed by atoms with E-state index in [1.54, 1.807) is 18.2 Å². The van der Waals surface area contributed by atoms with Gasteiger partial charge in [-0.05, 0) is 30.9 Å². The summed E-state index contributed by atoms with van der Waals surface area (Å²) in [5, 5.41) is 9.20. The highest BCUT2D eigenvalue weighted by Gasteiger charge is 2.15. The smallest absolute Gasteiger partial charge is 0.120 e. The summed E-state index contributed by atoms with van der Waals surface area (Å²) in [6, 6.07) is 7.26. The summed E-state index contributed by atoms with van der Waals surface area (Å²) < 4.78 is 5.68. The average Bonchev–Trinajstić information content (AvgIpc) is 2.79. The standard InChI is InChI=1S/C13H14ClNO/c14-13-7-12(6-5-11(13)8-15)16-9-10-3-1-2-4-10/h5-7,10H,1-4,9H2. The lowest BCUT2D eigenvalue weighted by atomic mass is 10.1. The normalized spacial score (nSPS) is 16.0. The Morgan fingerprint density at radius 1 is 1.38 bits per heavy atom. The maximum absolute atomic E-state index is 8.74. The van der Waals surface area contributed by atoms with E-state index in [0.29, 0.717) is 16.5 Å². The molecule has 0 saturated heterocycles. The lowest BCUT2D eigenvalue weighted by Gasteiger charge is -2.11. The summed E-state index contributed by atoms with van der Waals surface area (Å²) >= 11 is 5.92. The molecule has 84 valence electrons. The van der Waals surface area contributed by atoms with Gasteiger partial charge in [-0.1, -0.05) is 24.4 Å². The number of ether oxygens (including phenoxy) is 1. The highest BCUT2D eigenvalue weighted by Crippen LogP contribution is 2.27. The van der Waals surface area contributed by atoms with Crippen molar-refractivity contribution in [1.82, 2.24) is 0 Å². The number of benzene rings is 1. The van der Waals surface area contributed by atoms with Gasteiger partial charge in [-0.15, -0.1) is 0 Å². The highest BCUT2D eigenvalue weighted by atomic mass is 35.5. The monoisotopic (exact) mass is 235 g/mol. The Morgan fingerprint density at radius 3 is 2.75 bits per heavy atom. The number of nitriles is 1. The van der Waals surface area contributed by atoms with Gasteiger partial charge in [0.1, 0.15) is 11.8 Å². The Balaban J connectivity index is 1.94. The number of rotatable bonds is 3. The Bertz CT molecular complexity index is 405. The van der Waals surface area contributed by atoms with Crippen molar-refractivity contribution in [2.45, 2.75) is 25.7 Å². The summed E-state index contributed by atoms with van der Waals surface area (Å²) in [5.41, 5.74) is 0.495. The van der Waals surface area contributed by atoms with Crippen molar-refractivity contribution in [1.29, 1.82) is 5.26 Å². The van der Waals surface area contributed by atoms with E-state index < -0.39 is 0 Å². The zero-order chi connectivity index (χ0) is 11.4. The van der Waals surface area contributed by atoms with Crippen molar-refractivity contribution in [3.05, 3.63) is 28.8 Å². The van der Waals surface area contributed by atoms with Gasteiger partial charge < -0.3 is 4.74 Å². The van der Waals surface area contributed by atoms with Crippen molar-refractivity contribution in [3.63, 3.8) is 0 Å². The minimum absolute atomic E-state index is 0.464. The molecule has 1 aliphatic rings. The zero-order valence-corrected chi connectivity index (χ0v) is 9.83. The third-order valence-electron chi connectivity index (χ3n) is 3.02. The van der Waals surface area contributed by atoms with Crippen molar-refractivity contribution in [3.8, 4) is 11.8 Å². The largest absolute Gasteiger partial charge is 0.493 e. The van der Waals surface area contributed by atoms with Crippen LogP contribution in [0.3, 0.4) is 0 Å². The molecule has 0 aromatic heterocycles. The van der Waals surface area contributed by atoms with Crippen LogP contribution in [0.15, 0.2) is 18.2 Å². The topological polar surface area (TPSA) is 33.0 Å².